The summed E-state index contributed by atoms with van der Waals surface area (Å²) in [7, 11) is 0. The number of carbonyl (C=O) groups excluding carboxylic acids is 1. The van der Waals surface area contributed by atoms with E-state index in [1.165, 1.54) is 6.33 Å². The summed E-state index contributed by atoms with van der Waals surface area (Å²) in [6, 6.07) is 12.1. The molecule has 0 saturated heterocycles. The van der Waals surface area contributed by atoms with Crippen molar-refractivity contribution < 1.29 is 4.79 Å². The Morgan fingerprint density at radius 1 is 1.12 bits per heavy atom. The summed E-state index contributed by atoms with van der Waals surface area (Å²) in [6.07, 6.45) is 1.54. The van der Waals surface area contributed by atoms with Gasteiger partial charge in [0.1, 0.15) is 6.33 Å². The van der Waals surface area contributed by atoms with Gasteiger partial charge in [-0.1, -0.05) is 51.3 Å². The van der Waals surface area contributed by atoms with Crippen LogP contribution in [0.25, 0.3) is 0 Å². The number of aromatic nitrogens is 3. The third kappa shape index (κ3) is 4.94. The van der Waals surface area contributed by atoms with Gasteiger partial charge in [0.05, 0.1) is 17.3 Å². The van der Waals surface area contributed by atoms with E-state index in [9.17, 15) is 4.79 Å². The van der Waals surface area contributed by atoms with E-state index in [1.54, 1.807) is 22.9 Å². The number of urea groups is 1. The van der Waals surface area contributed by atoms with Gasteiger partial charge in [0.25, 0.3) is 0 Å². The van der Waals surface area contributed by atoms with E-state index in [2.05, 4.69) is 36.6 Å². The minimum atomic E-state index is -0.478. The van der Waals surface area contributed by atoms with Crippen molar-refractivity contribution in [2.45, 2.75) is 6.54 Å². The first-order valence-corrected chi connectivity index (χ1v) is 8.71. The number of rotatable bonds is 4. The Hall–Kier alpha value is -2.09. The van der Waals surface area contributed by atoms with Crippen molar-refractivity contribution in [3.63, 3.8) is 0 Å². The summed E-state index contributed by atoms with van der Waals surface area (Å²) in [4.78, 5) is 16.1. The maximum Gasteiger partial charge on any atom is 0.326 e. The van der Waals surface area contributed by atoms with Gasteiger partial charge in [-0.05, 0) is 35.9 Å². The van der Waals surface area contributed by atoms with Crippen molar-refractivity contribution in [1.82, 2.24) is 14.8 Å². The van der Waals surface area contributed by atoms with Gasteiger partial charge in [-0.3, -0.25) is 5.32 Å². The van der Waals surface area contributed by atoms with E-state index < -0.39 is 6.03 Å². The molecule has 3 rings (SSSR count). The van der Waals surface area contributed by atoms with E-state index in [0.717, 1.165) is 10.0 Å². The fraction of sp³-hybridized carbons (Fsp3) is 0.0625. The Morgan fingerprint density at radius 3 is 2.60 bits per heavy atom. The minimum Gasteiger partial charge on any atom is -0.306 e. The van der Waals surface area contributed by atoms with Gasteiger partial charge in [0.2, 0.25) is 5.95 Å². The molecular weight excluding hydrogens is 429 g/mol. The summed E-state index contributed by atoms with van der Waals surface area (Å²) >= 11 is 15.2. The molecule has 2 amide bonds. The molecule has 0 unspecified atom stereocenters. The average molecular weight is 441 g/mol. The molecule has 3 aromatic rings. The number of nitrogens with one attached hydrogen (secondary N) is 2. The first-order valence-electron chi connectivity index (χ1n) is 7.16. The first kappa shape index (κ1) is 17.7. The van der Waals surface area contributed by atoms with Gasteiger partial charge < -0.3 is 5.32 Å². The number of hydrogen-bond donors (Lipinski definition) is 2. The second kappa shape index (κ2) is 7.86. The Balaban J connectivity index is 1.60. The SMILES string of the molecule is O=C(Nc1ncn(Cc2ccc(Cl)cc2)n1)Nc1ccc(Br)cc1Cl. The molecule has 0 saturated carbocycles. The van der Waals surface area contributed by atoms with Crippen LogP contribution in [0.5, 0.6) is 0 Å². The molecule has 0 aliphatic rings. The molecular formula is C16H12BrCl2N5O. The maximum atomic E-state index is 12.0. The van der Waals surface area contributed by atoms with Gasteiger partial charge in [-0.25, -0.2) is 14.5 Å². The minimum absolute atomic E-state index is 0.194. The van der Waals surface area contributed by atoms with E-state index in [4.69, 9.17) is 23.2 Å². The maximum absolute atomic E-state index is 12.0. The Bertz CT molecular complexity index is 898. The zero-order valence-electron chi connectivity index (χ0n) is 12.7. The highest BCUT2D eigenvalue weighted by molar-refractivity contribution is 9.10. The van der Waals surface area contributed by atoms with Crippen molar-refractivity contribution in [2.24, 2.45) is 0 Å². The van der Waals surface area contributed by atoms with Crippen LogP contribution in [0.3, 0.4) is 0 Å². The molecule has 0 atom stereocenters. The molecule has 128 valence electrons. The number of carbonyl (C=O) groups is 1. The van der Waals surface area contributed by atoms with Crippen LogP contribution >= 0.6 is 39.1 Å². The lowest BCUT2D eigenvalue weighted by Crippen LogP contribution is -2.20. The molecule has 0 aliphatic carbocycles. The molecule has 2 aromatic carbocycles. The normalized spacial score (nSPS) is 10.5. The zero-order chi connectivity index (χ0) is 17.8. The summed E-state index contributed by atoms with van der Waals surface area (Å²) in [5, 5.41) is 10.5. The Kier molecular flexibility index (Phi) is 5.57. The van der Waals surface area contributed by atoms with Crippen molar-refractivity contribution >= 4 is 56.8 Å². The topological polar surface area (TPSA) is 71.8 Å². The Morgan fingerprint density at radius 2 is 1.88 bits per heavy atom. The molecule has 2 N–H and O–H groups in total. The molecule has 0 aliphatic heterocycles. The van der Waals surface area contributed by atoms with Crippen LogP contribution in [0.2, 0.25) is 10.0 Å². The highest BCUT2D eigenvalue weighted by atomic mass is 79.9. The number of halogens is 3. The molecule has 0 spiro atoms. The third-order valence-corrected chi connectivity index (χ3v) is 4.26. The molecule has 25 heavy (non-hydrogen) atoms. The van der Waals surface area contributed by atoms with Crippen LogP contribution in [0, 0.1) is 0 Å². The monoisotopic (exact) mass is 439 g/mol. The standard InChI is InChI=1S/C16H12BrCl2N5O/c17-11-3-6-14(13(19)7-11)21-16(25)22-15-20-9-24(23-15)8-10-1-4-12(18)5-2-10/h1-7,9H,8H2,(H2,21,22,23,25). The number of nitrogens with zero attached hydrogens (tertiary/aromatic N) is 3. The lowest BCUT2D eigenvalue weighted by molar-refractivity contribution is 0.262. The summed E-state index contributed by atoms with van der Waals surface area (Å²) in [6.45, 7) is 0.520. The molecule has 1 heterocycles. The average Bonchev–Trinajstić information content (AvgIpc) is 2.99. The van der Waals surface area contributed by atoms with Gasteiger partial charge in [0, 0.05) is 9.50 Å². The number of anilines is 2. The van der Waals surface area contributed by atoms with E-state index >= 15 is 0 Å². The number of amides is 2. The van der Waals surface area contributed by atoms with Crippen molar-refractivity contribution in [1.29, 1.82) is 0 Å². The number of benzene rings is 2. The van der Waals surface area contributed by atoms with Crippen LogP contribution < -0.4 is 10.6 Å². The van der Waals surface area contributed by atoms with Crippen LogP contribution in [0.1, 0.15) is 5.56 Å². The molecule has 9 heteroatoms. The van der Waals surface area contributed by atoms with Crippen LogP contribution in [0.4, 0.5) is 16.4 Å². The fourth-order valence-electron chi connectivity index (χ4n) is 2.05. The lowest BCUT2D eigenvalue weighted by atomic mass is 10.2. The van der Waals surface area contributed by atoms with Crippen LogP contribution in [-0.2, 0) is 6.54 Å². The highest BCUT2D eigenvalue weighted by Crippen LogP contribution is 2.25. The van der Waals surface area contributed by atoms with Gasteiger partial charge >= 0.3 is 6.03 Å². The summed E-state index contributed by atoms with van der Waals surface area (Å²) < 4.78 is 2.44. The van der Waals surface area contributed by atoms with Gasteiger partial charge in [-0.2, -0.15) is 0 Å². The second-order valence-electron chi connectivity index (χ2n) is 5.10. The Labute approximate surface area is 162 Å². The van der Waals surface area contributed by atoms with Crippen molar-refractivity contribution in [2.75, 3.05) is 10.6 Å². The predicted molar refractivity (Wildman–Crippen MR) is 102 cm³/mol. The predicted octanol–water partition coefficient (Wildman–Crippen LogP) is 5.04. The highest BCUT2D eigenvalue weighted by Gasteiger charge is 2.09. The van der Waals surface area contributed by atoms with Gasteiger partial charge in [-0.15, -0.1) is 5.10 Å². The zero-order valence-corrected chi connectivity index (χ0v) is 15.8. The lowest BCUT2D eigenvalue weighted by Gasteiger charge is -2.07. The quantitative estimate of drug-likeness (QED) is 0.596. The summed E-state index contributed by atoms with van der Waals surface area (Å²) in [5.41, 5.74) is 1.51. The van der Waals surface area contributed by atoms with E-state index in [0.29, 0.717) is 22.3 Å². The molecule has 6 nitrogen and oxygen atoms in total. The van der Waals surface area contributed by atoms with E-state index in [-0.39, 0.29) is 5.95 Å². The van der Waals surface area contributed by atoms with Crippen molar-refractivity contribution in [3.8, 4) is 0 Å². The second-order valence-corrected chi connectivity index (χ2v) is 6.85. The smallest absolute Gasteiger partial charge is 0.306 e. The van der Waals surface area contributed by atoms with Crippen molar-refractivity contribution in [3.05, 3.63) is 68.9 Å². The molecule has 0 fully saturated rings. The molecule has 0 radical (unpaired) electrons. The molecule has 0 bridgehead atoms. The fourth-order valence-corrected chi connectivity index (χ4v) is 2.90. The molecule has 1 aromatic heterocycles. The van der Waals surface area contributed by atoms with Crippen LogP contribution in [-0.4, -0.2) is 20.8 Å². The largest absolute Gasteiger partial charge is 0.326 e. The third-order valence-electron chi connectivity index (χ3n) is 3.20. The van der Waals surface area contributed by atoms with Crippen LogP contribution in [0.15, 0.2) is 53.3 Å². The summed E-state index contributed by atoms with van der Waals surface area (Å²) in [5.74, 6) is 0.194. The number of hydrogen-bond acceptors (Lipinski definition) is 3. The van der Waals surface area contributed by atoms with E-state index in [1.807, 2.05) is 24.3 Å². The first-order chi connectivity index (χ1) is 12.0. The van der Waals surface area contributed by atoms with Gasteiger partial charge in [0.15, 0.2) is 0 Å².